The number of rotatable bonds is 9. The molecule has 3 heteroatoms. The van der Waals surface area contributed by atoms with Gasteiger partial charge >= 0.3 is 0 Å². The van der Waals surface area contributed by atoms with E-state index in [9.17, 15) is 0 Å². The summed E-state index contributed by atoms with van der Waals surface area (Å²) in [7, 11) is 0. The third-order valence-corrected chi connectivity index (χ3v) is 3.80. The van der Waals surface area contributed by atoms with Crippen LogP contribution in [-0.2, 0) is 6.61 Å². The molecule has 0 aliphatic heterocycles. The maximum atomic E-state index is 5.91. The Balaban J connectivity index is 1.89. The van der Waals surface area contributed by atoms with Crippen molar-refractivity contribution in [2.75, 3.05) is 26.2 Å². The molecule has 1 N–H and O–H groups in total. The van der Waals surface area contributed by atoms with Crippen LogP contribution in [0.15, 0.2) is 54.6 Å². The molecule has 0 saturated carbocycles. The summed E-state index contributed by atoms with van der Waals surface area (Å²) < 4.78 is 11.8. The monoisotopic (exact) mass is 300 g/mol. The van der Waals surface area contributed by atoms with Crippen LogP contribution in [0.1, 0.15) is 19.4 Å². The topological polar surface area (TPSA) is 22.9 Å². The molecule has 0 bridgehead atoms. The Bertz CT molecular complexity index is 538. The molecule has 0 aliphatic rings. The van der Waals surface area contributed by atoms with Gasteiger partial charge in [-0.2, -0.15) is 0 Å². The molecular formula is C19H26NO2+. The highest BCUT2D eigenvalue weighted by atomic mass is 16.5. The highest BCUT2D eigenvalue weighted by Gasteiger charge is 2.07. The SMILES string of the molecule is CC[NH+](CC)CCOc1ccccc1OCc1ccccc1. The highest BCUT2D eigenvalue weighted by molar-refractivity contribution is 5.39. The average Bonchev–Trinajstić information content (AvgIpc) is 2.59. The Labute approximate surface area is 133 Å². The molecule has 3 nitrogen and oxygen atoms in total. The first-order valence-electron chi connectivity index (χ1n) is 8.05. The third-order valence-electron chi connectivity index (χ3n) is 3.80. The summed E-state index contributed by atoms with van der Waals surface area (Å²) in [6, 6.07) is 18.1. The number of nitrogens with one attached hydrogen (secondary N) is 1. The molecule has 118 valence electrons. The van der Waals surface area contributed by atoms with E-state index >= 15 is 0 Å². The van der Waals surface area contributed by atoms with Crippen molar-refractivity contribution in [3.05, 3.63) is 60.2 Å². The van der Waals surface area contributed by atoms with Gasteiger partial charge in [0.15, 0.2) is 11.5 Å². The van der Waals surface area contributed by atoms with Crippen molar-refractivity contribution in [3.63, 3.8) is 0 Å². The van der Waals surface area contributed by atoms with Crippen molar-refractivity contribution in [1.82, 2.24) is 0 Å². The quantitative estimate of drug-likeness (QED) is 0.769. The third kappa shape index (κ3) is 5.08. The Hall–Kier alpha value is -2.00. The predicted molar refractivity (Wildman–Crippen MR) is 89.6 cm³/mol. The van der Waals surface area contributed by atoms with Crippen LogP contribution in [0.4, 0.5) is 0 Å². The van der Waals surface area contributed by atoms with Crippen LogP contribution < -0.4 is 14.4 Å². The first-order valence-corrected chi connectivity index (χ1v) is 8.05. The summed E-state index contributed by atoms with van der Waals surface area (Å²) >= 11 is 0. The molecule has 0 aromatic heterocycles. The van der Waals surface area contributed by atoms with E-state index in [0.29, 0.717) is 13.2 Å². The van der Waals surface area contributed by atoms with Crippen LogP contribution in [0, 0.1) is 0 Å². The number of hydrogen-bond acceptors (Lipinski definition) is 2. The lowest BCUT2D eigenvalue weighted by molar-refractivity contribution is -0.896. The average molecular weight is 300 g/mol. The van der Waals surface area contributed by atoms with Gasteiger partial charge in [-0.25, -0.2) is 0 Å². The number of likely N-dealkylation sites (N-methyl/N-ethyl adjacent to an activating group) is 1. The van der Waals surface area contributed by atoms with E-state index in [1.54, 1.807) is 4.90 Å². The van der Waals surface area contributed by atoms with Gasteiger partial charge in [0.1, 0.15) is 19.8 Å². The molecule has 0 heterocycles. The van der Waals surface area contributed by atoms with Crippen molar-refractivity contribution >= 4 is 0 Å². The van der Waals surface area contributed by atoms with E-state index in [4.69, 9.17) is 9.47 Å². The van der Waals surface area contributed by atoms with Crippen LogP contribution in [0.5, 0.6) is 11.5 Å². The predicted octanol–water partition coefficient (Wildman–Crippen LogP) is 2.57. The zero-order valence-corrected chi connectivity index (χ0v) is 13.5. The molecule has 0 unspecified atom stereocenters. The van der Waals surface area contributed by atoms with Crippen LogP contribution in [0.3, 0.4) is 0 Å². The van der Waals surface area contributed by atoms with E-state index in [2.05, 4.69) is 26.0 Å². The number of hydrogen-bond donors (Lipinski definition) is 1. The molecule has 0 aliphatic carbocycles. The fourth-order valence-electron chi connectivity index (χ4n) is 2.33. The van der Waals surface area contributed by atoms with E-state index in [1.807, 2.05) is 42.5 Å². The molecule has 0 spiro atoms. The minimum atomic E-state index is 0.558. The Kier molecular flexibility index (Phi) is 6.78. The smallest absolute Gasteiger partial charge is 0.161 e. The molecular weight excluding hydrogens is 274 g/mol. The largest absolute Gasteiger partial charge is 0.485 e. The summed E-state index contributed by atoms with van der Waals surface area (Å²) in [5.74, 6) is 1.63. The molecule has 0 radical (unpaired) electrons. The van der Waals surface area contributed by atoms with Crippen LogP contribution in [-0.4, -0.2) is 26.2 Å². The zero-order valence-electron chi connectivity index (χ0n) is 13.5. The van der Waals surface area contributed by atoms with Crippen LogP contribution in [0.2, 0.25) is 0 Å². The van der Waals surface area contributed by atoms with E-state index in [1.165, 1.54) is 0 Å². The van der Waals surface area contributed by atoms with Crippen molar-refractivity contribution in [3.8, 4) is 11.5 Å². The van der Waals surface area contributed by atoms with Gasteiger partial charge in [0.2, 0.25) is 0 Å². The molecule has 0 atom stereocenters. The normalized spacial score (nSPS) is 10.7. The van der Waals surface area contributed by atoms with Gasteiger partial charge in [-0.3, -0.25) is 0 Å². The Morgan fingerprint density at radius 2 is 1.36 bits per heavy atom. The standard InChI is InChI=1S/C19H25NO2/c1-3-20(4-2)14-15-21-18-12-8-9-13-19(18)22-16-17-10-6-5-7-11-17/h5-13H,3-4,14-16H2,1-2H3/p+1. The minimum Gasteiger partial charge on any atom is -0.485 e. The van der Waals surface area contributed by atoms with E-state index < -0.39 is 0 Å². The van der Waals surface area contributed by atoms with Crippen LogP contribution >= 0.6 is 0 Å². The van der Waals surface area contributed by atoms with Gasteiger partial charge in [-0.05, 0) is 31.5 Å². The Morgan fingerprint density at radius 1 is 0.773 bits per heavy atom. The van der Waals surface area contributed by atoms with Crippen molar-refractivity contribution in [2.45, 2.75) is 20.5 Å². The lowest BCUT2D eigenvalue weighted by atomic mass is 10.2. The summed E-state index contributed by atoms with van der Waals surface area (Å²) in [5, 5.41) is 0. The fourth-order valence-corrected chi connectivity index (χ4v) is 2.33. The van der Waals surface area contributed by atoms with Gasteiger partial charge in [0, 0.05) is 0 Å². The molecule has 0 amide bonds. The second-order valence-corrected chi connectivity index (χ2v) is 5.28. The number of para-hydroxylation sites is 2. The van der Waals surface area contributed by atoms with E-state index in [0.717, 1.165) is 36.7 Å². The second-order valence-electron chi connectivity index (χ2n) is 5.28. The van der Waals surface area contributed by atoms with Crippen molar-refractivity contribution in [1.29, 1.82) is 0 Å². The lowest BCUT2D eigenvalue weighted by Gasteiger charge is -2.17. The van der Waals surface area contributed by atoms with Crippen LogP contribution in [0.25, 0.3) is 0 Å². The first kappa shape index (κ1) is 16.4. The van der Waals surface area contributed by atoms with Gasteiger partial charge in [-0.15, -0.1) is 0 Å². The summed E-state index contributed by atoms with van der Waals surface area (Å²) in [4.78, 5) is 1.54. The maximum absolute atomic E-state index is 5.91. The Morgan fingerprint density at radius 3 is 2.00 bits per heavy atom. The number of quaternary nitrogens is 1. The maximum Gasteiger partial charge on any atom is 0.161 e. The van der Waals surface area contributed by atoms with E-state index in [-0.39, 0.29) is 0 Å². The number of benzene rings is 2. The lowest BCUT2D eigenvalue weighted by Crippen LogP contribution is -3.12. The second kappa shape index (κ2) is 9.11. The molecule has 22 heavy (non-hydrogen) atoms. The number of ether oxygens (including phenoxy) is 2. The van der Waals surface area contributed by atoms with Crippen molar-refractivity contribution < 1.29 is 14.4 Å². The molecule has 0 saturated heterocycles. The fraction of sp³-hybridized carbons (Fsp3) is 0.368. The van der Waals surface area contributed by atoms with Gasteiger partial charge in [0.25, 0.3) is 0 Å². The molecule has 2 aromatic carbocycles. The summed E-state index contributed by atoms with van der Waals surface area (Å²) in [6.45, 7) is 8.95. The first-order chi connectivity index (χ1) is 10.8. The molecule has 2 aromatic rings. The van der Waals surface area contributed by atoms with Crippen molar-refractivity contribution in [2.24, 2.45) is 0 Å². The highest BCUT2D eigenvalue weighted by Crippen LogP contribution is 2.27. The molecule has 0 fully saturated rings. The van der Waals surface area contributed by atoms with Gasteiger partial charge in [0.05, 0.1) is 13.1 Å². The zero-order chi connectivity index (χ0) is 15.6. The summed E-state index contributed by atoms with van der Waals surface area (Å²) in [6.07, 6.45) is 0. The van der Waals surface area contributed by atoms with Gasteiger partial charge in [-0.1, -0.05) is 42.5 Å². The molecule has 2 rings (SSSR count). The summed E-state index contributed by atoms with van der Waals surface area (Å²) in [5.41, 5.74) is 1.16. The van der Waals surface area contributed by atoms with Gasteiger partial charge < -0.3 is 14.4 Å². The minimum absolute atomic E-state index is 0.558.